The number of hydrogen-bond donors (Lipinski definition) is 3. The Morgan fingerprint density at radius 3 is 2.65 bits per heavy atom. The first-order valence-electron chi connectivity index (χ1n) is 5.57. The number of halogens is 1. The summed E-state index contributed by atoms with van der Waals surface area (Å²) in [6.45, 7) is 9.59. The number of nitrogens with zero attached hydrogens (tertiary/aromatic N) is 2. The van der Waals surface area contributed by atoms with Crippen LogP contribution in [0.2, 0.25) is 5.02 Å². The second-order valence-electron chi connectivity index (χ2n) is 5.18. The maximum Gasteiger partial charge on any atom is 0.239 e. The molecule has 0 aromatic carbocycles. The van der Waals surface area contributed by atoms with Gasteiger partial charge in [-0.1, -0.05) is 39.3 Å². The standard InChI is InChI=1S/C11H20ClN5/c1-7(11(2,3)4)5-14-9-8(12)6-15-10(16-9)17-13/h6-7H,5,13H2,1-4H3,(H2,14,15,16,17). The van der Waals surface area contributed by atoms with Crippen molar-refractivity contribution in [3.05, 3.63) is 11.2 Å². The van der Waals surface area contributed by atoms with Gasteiger partial charge in [0.25, 0.3) is 0 Å². The largest absolute Gasteiger partial charge is 0.368 e. The Morgan fingerprint density at radius 1 is 1.47 bits per heavy atom. The topological polar surface area (TPSA) is 75.9 Å². The molecule has 0 aliphatic rings. The predicted octanol–water partition coefficient (Wildman–Crippen LogP) is 2.51. The maximum absolute atomic E-state index is 5.99. The molecule has 0 aliphatic heterocycles. The van der Waals surface area contributed by atoms with E-state index in [2.05, 4.69) is 48.4 Å². The molecule has 96 valence electrons. The van der Waals surface area contributed by atoms with Crippen LogP contribution in [0.25, 0.3) is 0 Å². The molecule has 1 atom stereocenters. The van der Waals surface area contributed by atoms with Gasteiger partial charge in [-0.25, -0.2) is 10.8 Å². The molecule has 1 unspecified atom stereocenters. The van der Waals surface area contributed by atoms with Gasteiger partial charge < -0.3 is 5.32 Å². The molecular weight excluding hydrogens is 238 g/mol. The van der Waals surface area contributed by atoms with E-state index in [0.717, 1.165) is 6.54 Å². The van der Waals surface area contributed by atoms with Crippen LogP contribution in [0.5, 0.6) is 0 Å². The van der Waals surface area contributed by atoms with E-state index in [1.54, 1.807) is 0 Å². The minimum atomic E-state index is 0.238. The summed E-state index contributed by atoms with van der Waals surface area (Å²) < 4.78 is 0. The van der Waals surface area contributed by atoms with Gasteiger partial charge in [0.1, 0.15) is 5.02 Å². The quantitative estimate of drug-likeness (QED) is 0.571. The van der Waals surface area contributed by atoms with Gasteiger partial charge in [-0.2, -0.15) is 4.98 Å². The SMILES string of the molecule is CC(CNc1nc(NN)ncc1Cl)C(C)(C)C. The van der Waals surface area contributed by atoms with E-state index >= 15 is 0 Å². The highest BCUT2D eigenvalue weighted by Gasteiger charge is 2.20. The molecule has 0 aliphatic carbocycles. The summed E-state index contributed by atoms with van der Waals surface area (Å²) in [5, 5.41) is 3.71. The van der Waals surface area contributed by atoms with Gasteiger partial charge in [-0.15, -0.1) is 0 Å². The zero-order valence-electron chi connectivity index (χ0n) is 10.7. The summed E-state index contributed by atoms with van der Waals surface area (Å²) in [5.41, 5.74) is 2.63. The number of nitrogen functional groups attached to an aromatic ring is 1. The number of nitrogens with one attached hydrogen (secondary N) is 2. The Morgan fingerprint density at radius 2 is 2.12 bits per heavy atom. The molecule has 5 nitrogen and oxygen atoms in total. The monoisotopic (exact) mass is 257 g/mol. The Bertz CT molecular complexity index is 375. The first kappa shape index (κ1) is 14.0. The van der Waals surface area contributed by atoms with Crippen LogP contribution in [0.15, 0.2) is 6.20 Å². The summed E-state index contributed by atoms with van der Waals surface area (Å²) in [6.07, 6.45) is 1.52. The van der Waals surface area contributed by atoms with Crippen LogP contribution >= 0.6 is 11.6 Å². The smallest absolute Gasteiger partial charge is 0.239 e. The molecule has 1 aromatic heterocycles. The van der Waals surface area contributed by atoms with Crippen LogP contribution in [0, 0.1) is 11.3 Å². The second kappa shape index (κ2) is 5.51. The number of hydrogen-bond acceptors (Lipinski definition) is 5. The molecule has 0 saturated carbocycles. The molecule has 1 aromatic rings. The van der Waals surface area contributed by atoms with Crippen molar-refractivity contribution in [1.82, 2.24) is 9.97 Å². The van der Waals surface area contributed by atoms with Gasteiger partial charge in [-0.05, 0) is 11.3 Å². The van der Waals surface area contributed by atoms with Gasteiger partial charge in [0.2, 0.25) is 5.95 Å². The molecule has 0 radical (unpaired) electrons. The lowest BCUT2D eigenvalue weighted by molar-refractivity contribution is 0.274. The second-order valence-corrected chi connectivity index (χ2v) is 5.59. The zero-order chi connectivity index (χ0) is 13.1. The van der Waals surface area contributed by atoms with Crippen molar-refractivity contribution < 1.29 is 0 Å². The van der Waals surface area contributed by atoms with Gasteiger partial charge in [0.15, 0.2) is 5.82 Å². The third-order valence-corrected chi connectivity index (χ3v) is 3.20. The van der Waals surface area contributed by atoms with Gasteiger partial charge in [0.05, 0.1) is 6.20 Å². The molecule has 0 amide bonds. The fourth-order valence-electron chi connectivity index (χ4n) is 1.12. The minimum Gasteiger partial charge on any atom is -0.368 e. The van der Waals surface area contributed by atoms with Crippen LogP contribution in [0.4, 0.5) is 11.8 Å². The van der Waals surface area contributed by atoms with E-state index < -0.39 is 0 Å². The maximum atomic E-state index is 5.99. The molecule has 0 saturated heterocycles. The van der Waals surface area contributed by atoms with Crippen molar-refractivity contribution >= 4 is 23.4 Å². The van der Waals surface area contributed by atoms with Gasteiger partial charge in [-0.3, -0.25) is 5.43 Å². The van der Waals surface area contributed by atoms with Crippen LogP contribution in [-0.2, 0) is 0 Å². The highest BCUT2D eigenvalue weighted by Crippen LogP contribution is 2.26. The number of anilines is 2. The Balaban J connectivity index is 2.69. The van der Waals surface area contributed by atoms with Gasteiger partial charge >= 0.3 is 0 Å². The average molecular weight is 258 g/mol. The van der Waals surface area contributed by atoms with Crippen molar-refractivity contribution in [1.29, 1.82) is 0 Å². The number of aromatic nitrogens is 2. The summed E-state index contributed by atoms with van der Waals surface area (Å²) in [5.74, 6) is 6.69. The van der Waals surface area contributed by atoms with Crippen LogP contribution in [-0.4, -0.2) is 16.5 Å². The fourth-order valence-corrected chi connectivity index (χ4v) is 1.27. The van der Waals surface area contributed by atoms with Crippen LogP contribution in [0.1, 0.15) is 27.7 Å². The number of rotatable bonds is 4. The van der Waals surface area contributed by atoms with E-state index in [4.69, 9.17) is 17.4 Å². The summed E-state index contributed by atoms with van der Waals surface area (Å²) in [7, 11) is 0. The lowest BCUT2D eigenvalue weighted by atomic mass is 9.82. The highest BCUT2D eigenvalue weighted by molar-refractivity contribution is 6.32. The van der Waals surface area contributed by atoms with Crippen LogP contribution < -0.4 is 16.6 Å². The van der Waals surface area contributed by atoms with E-state index in [-0.39, 0.29) is 5.41 Å². The summed E-state index contributed by atoms with van der Waals surface area (Å²) in [4.78, 5) is 8.07. The molecule has 1 heterocycles. The predicted molar refractivity (Wildman–Crippen MR) is 72.0 cm³/mol. The molecule has 6 heteroatoms. The molecule has 0 fully saturated rings. The van der Waals surface area contributed by atoms with Crippen molar-refractivity contribution in [3.8, 4) is 0 Å². The van der Waals surface area contributed by atoms with E-state index in [9.17, 15) is 0 Å². The Labute approximate surface area is 107 Å². The van der Waals surface area contributed by atoms with Crippen molar-refractivity contribution in [2.24, 2.45) is 17.2 Å². The molecule has 4 N–H and O–H groups in total. The summed E-state index contributed by atoms with van der Waals surface area (Å²) in [6, 6.07) is 0. The third kappa shape index (κ3) is 4.02. The van der Waals surface area contributed by atoms with Crippen molar-refractivity contribution in [3.63, 3.8) is 0 Å². The van der Waals surface area contributed by atoms with Gasteiger partial charge in [0, 0.05) is 6.54 Å². The zero-order valence-corrected chi connectivity index (χ0v) is 11.5. The Hall–Kier alpha value is -1.07. The lowest BCUT2D eigenvalue weighted by Crippen LogP contribution is -2.25. The highest BCUT2D eigenvalue weighted by atomic mass is 35.5. The number of nitrogens with two attached hydrogens (primary N) is 1. The number of hydrazine groups is 1. The van der Waals surface area contributed by atoms with E-state index in [1.807, 2.05) is 0 Å². The first-order valence-corrected chi connectivity index (χ1v) is 5.95. The fraction of sp³-hybridized carbons (Fsp3) is 0.636. The molecule has 1 rings (SSSR count). The molecular formula is C11H20ClN5. The summed E-state index contributed by atoms with van der Waals surface area (Å²) >= 11 is 5.99. The van der Waals surface area contributed by atoms with E-state index in [1.165, 1.54) is 6.20 Å². The molecule has 0 spiro atoms. The van der Waals surface area contributed by atoms with Crippen molar-refractivity contribution in [2.75, 3.05) is 17.3 Å². The van der Waals surface area contributed by atoms with E-state index in [0.29, 0.717) is 22.7 Å². The lowest BCUT2D eigenvalue weighted by Gasteiger charge is -2.27. The normalized spacial score (nSPS) is 13.3. The third-order valence-electron chi connectivity index (χ3n) is 2.93. The molecule has 0 bridgehead atoms. The Kier molecular flexibility index (Phi) is 4.54. The minimum absolute atomic E-state index is 0.238. The average Bonchev–Trinajstić information content (AvgIpc) is 2.26. The first-order chi connectivity index (χ1) is 7.84. The molecule has 17 heavy (non-hydrogen) atoms. The van der Waals surface area contributed by atoms with Crippen molar-refractivity contribution in [2.45, 2.75) is 27.7 Å². The van der Waals surface area contributed by atoms with Crippen LogP contribution in [0.3, 0.4) is 0 Å².